The number of benzene rings is 2. The van der Waals surface area contributed by atoms with Gasteiger partial charge in [-0.15, -0.1) is 0 Å². The Morgan fingerprint density at radius 3 is 2.76 bits per heavy atom. The van der Waals surface area contributed by atoms with Crippen molar-refractivity contribution in [2.45, 2.75) is 12.8 Å². The van der Waals surface area contributed by atoms with Gasteiger partial charge in [-0.1, -0.05) is 29.8 Å². The number of amides is 1. The molecule has 0 saturated carbocycles. The molecule has 2 rings (SSSR count). The highest BCUT2D eigenvalue weighted by molar-refractivity contribution is 6.33. The maximum Gasteiger partial charge on any atom is 0.224 e. The summed E-state index contributed by atoms with van der Waals surface area (Å²) in [5.41, 5.74) is 0.999. The summed E-state index contributed by atoms with van der Waals surface area (Å²) in [5, 5.41) is 3.13. The number of carbonyl (C=O) groups is 1. The number of hydrogen-bond acceptors (Lipinski definition) is 2. The van der Waals surface area contributed by atoms with Crippen LogP contribution in [0, 0.1) is 5.82 Å². The van der Waals surface area contributed by atoms with Gasteiger partial charge in [0.1, 0.15) is 11.6 Å². The van der Waals surface area contributed by atoms with Gasteiger partial charge in [0.05, 0.1) is 17.8 Å². The van der Waals surface area contributed by atoms with Gasteiger partial charge in [0, 0.05) is 12.5 Å². The minimum atomic E-state index is -0.301. The number of anilines is 1. The van der Waals surface area contributed by atoms with Crippen molar-refractivity contribution in [3.05, 3.63) is 58.9 Å². The highest BCUT2D eigenvalue weighted by Gasteiger charge is 2.09. The van der Waals surface area contributed by atoms with Crippen LogP contribution in [0.4, 0.5) is 10.1 Å². The Morgan fingerprint density at radius 1 is 1.29 bits per heavy atom. The Bertz CT molecular complexity index is 646. The first kappa shape index (κ1) is 15.3. The maximum absolute atomic E-state index is 13.5. The largest absolute Gasteiger partial charge is 0.497 e. The molecular weight excluding hydrogens is 293 g/mol. The normalized spacial score (nSPS) is 10.2. The zero-order valence-corrected chi connectivity index (χ0v) is 12.3. The fourth-order valence-corrected chi connectivity index (χ4v) is 2.05. The lowest BCUT2D eigenvalue weighted by Gasteiger charge is -2.09. The number of carbonyl (C=O) groups excluding carboxylic acids is 1. The van der Waals surface area contributed by atoms with Gasteiger partial charge in [-0.25, -0.2) is 4.39 Å². The Hall–Kier alpha value is -2.07. The highest BCUT2D eigenvalue weighted by Crippen LogP contribution is 2.26. The number of halogens is 2. The first-order valence-electron chi connectivity index (χ1n) is 6.47. The number of ether oxygens (including phenoxy) is 1. The van der Waals surface area contributed by atoms with Crippen LogP contribution >= 0.6 is 11.6 Å². The van der Waals surface area contributed by atoms with Crippen molar-refractivity contribution in [2.75, 3.05) is 12.4 Å². The molecule has 0 fully saturated rings. The standard InChI is InChI=1S/C16H15ClFNO2/c1-21-12-7-8-13(17)15(10-12)19-16(20)9-6-11-4-2-3-5-14(11)18/h2-5,7-8,10H,6,9H2,1H3,(H,19,20). The van der Waals surface area contributed by atoms with Crippen LogP contribution in [0.5, 0.6) is 5.75 Å². The second kappa shape index (κ2) is 7.09. The molecule has 1 amide bonds. The summed E-state index contributed by atoms with van der Waals surface area (Å²) in [6.45, 7) is 0. The van der Waals surface area contributed by atoms with E-state index in [1.807, 2.05) is 0 Å². The van der Waals surface area contributed by atoms with Gasteiger partial charge in [0.2, 0.25) is 5.91 Å². The zero-order chi connectivity index (χ0) is 15.2. The average Bonchev–Trinajstić information content (AvgIpc) is 2.48. The van der Waals surface area contributed by atoms with E-state index in [4.69, 9.17) is 16.3 Å². The van der Waals surface area contributed by atoms with E-state index in [1.54, 1.807) is 36.4 Å². The minimum Gasteiger partial charge on any atom is -0.497 e. The lowest BCUT2D eigenvalue weighted by Crippen LogP contribution is -2.13. The summed E-state index contributed by atoms with van der Waals surface area (Å²) in [6.07, 6.45) is 0.508. The molecule has 21 heavy (non-hydrogen) atoms. The number of nitrogens with one attached hydrogen (secondary N) is 1. The van der Waals surface area contributed by atoms with Crippen molar-refractivity contribution in [3.63, 3.8) is 0 Å². The molecule has 110 valence electrons. The summed E-state index contributed by atoms with van der Waals surface area (Å²) in [6, 6.07) is 11.4. The summed E-state index contributed by atoms with van der Waals surface area (Å²) >= 11 is 6.01. The van der Waals surface area contributed by atoms with Crippen molar-refractivity contribution >= 4 is 23.2 Å². The summed E-state index contributed by atoms with van der Waals surface area (Å²) in [4.78, 5) is 11.9. The predicted molar refractivity (Wildman–Crippen MR) is 81.4 cm³/mol. The molecule has 0 aliphatic heterocycles. The van der Waals surface area contributed by atoms with E-state index in [0.29, 0.717) is 28.4 Å². The third kappa shape index (κ3) is 4.20. The van der Waals surface area contributed by atoms with Crippen LogP contribution in [-0.4, -0.2) is 13.0 Å². The Kier molecular flexibility index (Phi) is 5.17. The van der Waals surface area contributed by atoms with E-state index in [-0.39, 0.29) is 18.1 Å². The average molecular weight is 308 g/mol. The smallest absolute Gasteiger partial charge is 0.224 e. The molecule has 0 heterocycles. The van der Waals surface area contributed by atoms with Crippen LogP contribution in [-0.2, 0) is 11.2 Å². The van der Waals surface area contributed by atoms with Gasteiger partial charge >= 0.3 is 0 Å². The second-order valence-corrected chi connectivity index (χ2v) is 4.89. The lowest BCUT2D eigenvalue weighted by molar-refractivity contribution is -0.116. The molecule has 0 aliphatic carbocycles. The molecule has 0 radical (unpaired) electrons. The van der Waals surface area contributed by atoms with Crippen molar-refractivity contribution in [1.82, 2.24) is 0 Å². The van der Waals surface area contributed by atoms with E-state index in [2.05, 4.69) is 5.32 Å². The first-order valence-corrected chi connectivity index (χ1v) is 6.84. The van der Waals surface area contributed by atoms with Gasteiger partial charge in [-0.2, -0.15) is 0 Å². The monoisotopic (exact) mass is 307 g/mol. The fourth-order valence-electron chi connectivity index (χ4n) is 1.89. The quantitative estimate of drug-likeness (QED) is 0.904. The number of methoxy groups -OCH3 is 1. The van der Waals surface area contributed by atoms with Crippen molar-refractivity contribution in [3.8, 4) is 5.75 Å². The van der Waals surface area contributed by atoms with Gasteiger partial charge in [0.15, 0.2) is 0 Å². The SMILES string of the molecule is COc1ccc(Cl)c(NC(=O)CCc2ccccc2F)c1. The third-order valence-corrected chi connectivity index (χ3v) is 3.36. The highest BCUT2D eigenvalue weighted by atomic mass is 35.5. The van der Waals surface area contributed by atoms with E-state index < -0.39 is 0 Å². The molecule has 0 aliphatic rings. The molecule has 0 aromatic heterocycles. The number of hydrogen-bond donors (Lipinski definition) is 1. The second-order valence-electron chi connectivity index (χ2n) is 4.49. The van der Waals surface area contributed by atoms with Crippen LogP contribution in [0.1, 0.15) is 12.0 Å². The summed E-state index contributed by atoms with van der Waals surface area (Å²) in [5.74, 6) is 0.0712. The topological polar surface area (TPSA) is 38.3 Å². The van der Waals surface area contributed by atoms with Crippen LogP contribution in [0.15, 0.2) is 42.5 Å². The third-order valence-electron chi connectivity index (χ3n) is 3.03. The van der Waals surface area contributed by atoms with E-state index in [9.17, 15) is 9.18 Å². The molecule has 0 unspecified atom stereocenters. The van der Waals surface area contributed by atoms with E-state index in [0.717, 1.165) is 0 Å². The summed E-state index contributed by atoms with van der Waals surface area (Å²) in [7, 11) is 1.53. The minimum absolute atomic E-state index is 0.175. The molecule has 5 heteroatoms. The zero-order valence-electron chi connectivity index (χ0n) is 11.5. The fraction of sp³-hybridized carbons (Fsp3) is 0.188. The Labute approximate surface area is 127 Å². The Morgan fingerprint density at radius 2 is 2.05 bits per heavy atom. The van der Waals surface area contributed by atoms with Gasteiger partial charge in [-0.05, 0) is 30.2 Å². The van der Waals surface area contributed by atoms with Crippen LogP contribution < -0.4 is 10.1 Å². The molecule has 2 aromatic rings. The van der Waals surface area contributed by atoms with Gasteiger partial charge < -0.3 is 10.1 Å². The molecule has 0 spiro atoms. The molecular formula is C16H15ClFNO2. The molecule has 0 bridgehead atoms. The molecule has 0 saturated heterocycles. The van der Waals surface area contributed by atoms with Gasteiger partial charge in [0.25, 0.3) is 0 Å². The van der Waals surface area contributed by atoms with Gasteiger partial charge in [-0.3, -0.25) is 4.79 Å². The van der Waals surface area contributed by atoms with Crippen molar-refractivity contribution < 1.29 is 13.9 Å². The Balaban J connectivity index is 1.97. The van der Waals surface area contributed by atoms with Crippen LogP contribution in [0.25, 0.3) is 0 Å². The molecule has 2 aromatic carbocycles. The number of aryl methyl sites for hydroxylation is 1. The lowest BCUT2D eigenvalue weighted by atomic mass is 10.1. The molecule has 0 atom stereocenters. The molecule has 3 nitrogen and oxygen atoms in total. The first-order chi connectivity index (χ1) is 10.1. The van der Waals surface area contributed by atoms with E-state index >= 15 is 0 Å². The van der Waals surface area contributed by atoms with Crippen molar-refractivity contribution in [1.29, 1.82) is 0 Å². The maximum atomic E-state index is 13.5. The van der Waals surface area contributed by atoms with Crippen LogP contribution in [0.3, 0.4) is 0 Å². The van der Waals surface area contributed by atoms with E-state index in [1.165, 1.54) is 13.2 Å². The number of rotatable bonds is 5. The van der Waals surface area contributed by atoms with Crippen molar-refractivity contribution in [2.24, 2.45) is 0 Å². The summed E-state index contributed by atoms with van der Waals surface area (Å²) < 4.78 is 18.5. The predicted octanol–water partition coefficient (Wildman–Crippen LogP) is 4.06. The van der Waals surface area contributed by atoms with Crippen LogP contribution in [0.2, 0.25) is 5.02 Å². The molecule has 1 N–H and O–H groups in total.